The Bertz CT molecular complexity index is 679. The number of halogens is 1. The van der Waals surface area contributed by atoms with E-state index in [1.807, 2.05) is 44.2 Å². The van der Waals surface area contributed by atoms with Gasteiger partial charge in [0.15, 0.2) is 5.78 Å². The molecule has 0 spiro atoms. The van der Waals surface area contributed by atoms with Gasteiger partial charge in [0, 0.05) is 22.2 Å². The molecule has 1 aromatic heterocycles. The van der Waals surface area contributed by atoms with Gasteiger partial charge in [0.1, 0.15) is 0 Å². The quantitative estimate of drug-likeness (QED) is 0.778. The van der Waals surface area contributed by atoms with Crippen molar-refractivity contribution in [2.24, 2.45) is 0 Å². The highest BCUT2D eigenvalue weighted by Crippen LogP contribution is 2.24. The molecule has 0 aliphatic heterocycles. The van der Waals surface area contributed by atoms with Crippen LogP contribution >= 0.6 is 27.3 Å². The zero-order valence-corrected chi connectivity index (χ0v) is 14.3. The van der Waals surface area contributed by atoms with Crippen LogP contribution in [0.1, 0.15) is 33.0 Å². The Labute approximate surface area is 136 Å². The summed E-state index contributed by atoms with van der Waals surface area (Å²) in [6, 6.07) is 9.45. The molecule has 0 fully saturated rings. The van der Waals surface area contributed by atoms with E-state index in [2.05, 4.69) is 21.2 Å². The second-order valence-corrected chi connectivity index (χ2v) is 7.01. The molecule has 2 aromatic rings. The summed E-state index contributed by atoms with van der Waals surface area (Å²) in [7, 11) is 0. The third kappa shape index (κ3) is 4.51. The third-order valence-corrected chi connectivity index (χ3v) is 4.69. The van der Waals surface area contributed by atoms with Crippen LogP contribution in [0.3, 0.4) is 0 Å². The largest absolute Gasteiger partial charge is 0.325 e. The first-order valence-electron chi connectivity index (χ1n) is 6.61. The van der Waals surface area contributed by atoms with Gasteiger partial charge in [-0.15, -0.1) is 11.3 Å². The van der Waals surface area contributed by atoms with Crippen molar-refractivity contribution in [2.45, 2.75) is 26.7 Å². The SMILES string of the molecule is Cc1ccc(NC(=O)CCC(=O)c2ccc(C)s2)c(Br)c1. The molecule has 21 heavy (non-hydrogen) atoms. The maximum atomic E-state index is 11.9. The van der Waals surface area contributed by atoms with Gasteiger partial charge in [0.2, 0.25) is 5.91 Å². The van der Waals surface area contributed by atoms with Gasteiger partial charge in [-0.05, 0) is 59.6 Å². The van der Waals surface area contributed by atoms with Crippen LogP contribution in [0, 0.1) is 13.8 Å². The number of amides is 1. The third-order valence-electron chi connectivity index (χ3n) is 2.99. The van der Waals surface area contributed by atoms with Gasteiger partial charge >= 0.3 is 0 Å². The average molecular weight is 366 g/mol. The Hall–Kier alpha value is -1.46. The molecule has 2 rings (SSSR count). The molecule has 0 aliphatic carbocycles. The topological polar surface area (TPSA) is 46.2 Å². The molecule has 1 amide bonds. The molecule has 0 saturated carbocycles. The number of thiophene rings is 1. The van der Waals surface area contributed by atoms with Crippen LogP contribution < -0.4 is 5.32 Å². The van der Waals surface area contributed by atoms with Gasteiger partial charge in [0.05, 0.1) is 10.6 Å². The van der Waals surface area contributed by atoms with Crippen molar-refractivity contribution in [3.63, 3.8) is 0 Å². The van der Waals surface area contributed by atoms with Crippen molar-refractivity contribution >= 4 is 44.6 Å². The van der Waals surface area contributed by atoms with Gasteiger partial charge in [0.25, 0.3) is 0 Å². The summed E-state index contributed by atoms with van der Waals surface area (Å²) in [6.45, 7) is 3.95. The Kier molecular flexibility index (Phi) is 5.31. The number of benzene rings is 1. The Morgan fingerprint density at radius 3 is 2.52 bits per heavy atom. The van der Waals surface area contributed by atoms with Crippen molar-refractivity contribution in [3.8, 4) is 0 Å². The lowest BCUT2D eigenvalue weighted by Crippen LogP contribution is -2.13. The van der Waals surface area contributed by atoms with E-state index in [1.54, 1.807) is 0 Å². The lowest BCUT2D eigenvalue weighted by atomic mass is 10.2. The normalized spacial score (nSPS) is 10.4. The van der Waals surface area contributed by atoms with Crippen LogP contribution in [0.25, 0.3) is 0 Å². The predicted molar refractivity (Wildman–Crippen MR) is 90.1 cm³/mol. The van der Waals surface area contributed by atoms with Gasteiger partial charge < -0.3 is 5.32 Å². The summed E-state index contributed by atoms with van der Waals surface area (Å²) in [6.07, 6.45) is 0.422. The van der Waals surface area contributed by atoms with Gasteiger partial charge in [-0.3, -0.25) is 9.59 Å². The van der Waals surface area contributed by atoms with Crippen LogP contribution in [0.2, 0.25) is 0 Å². The molecule has 0 aliphatic rings. The fraction of sp³-hybridized carbons (Fsp3) is 0.250. The van der Waals surface area contributed by atoms with E-state index in [4.69, 9.17) is 0 Å². The minimum absolute atomic E-state index is 0.0196. The summed E-state index contributed by atoms with van der Waals surface area (Å²) < 4.78 is 0.844. The van der Waals surface area contributed by atoms with E-state index in [1.165, 1.54) is 11.3 Å². The fourth-order valence-electron chi connectivity index (χ4n) is 1.87. The molecule has 0 saturated heterocycles. The monoisotopic (exact) mass is 365 g/mol. The summed E-state index contributed by atoms with van der Waals surface area (Å²) in [4.78, 5) is 25.7. The molecule has 0 radical (unpaired) electrons. The first-order chi connectivity index (χ1) is 9.95. The standard InChI is InChI=1S/C16H16BrNO2S/c1-10-3-5-13(12(17)9-10)18-16(20)8-6-14(19)15-7-4-11(2)21-15/h3-5,7,9H,6,8H2,1-2H3,(H,18,20). The van der Waals surface area contributed by atoms with Crippen LogP contribution in [0.5, 0.6) is 0 Å². The number of rotatable bonds is 5. The first kappa shape index (κ1) is 15.9. The second-order valence-electron chi connectivity index (χ2n) is 4.86. The molecule has 110 valence electrons. The molecule has 0 atom stereocenters. The Morgan fingerprint density at radius 2 is 1.90 bits per heavy atom. The molecule has 5 heteroatoms. The minimum atomic E-state index is -0.152. The zero-order valence-electron chi connectivity index (χ0n) is 11.9. The Morgan fingerprint density at radius 1 is 1.14 bits per heavy atom. The molecule has 0 bridgehead atoms. The van der Waals surface area contributed by atoms with Crippen LogP contribution in [-0.4, -0.2) is 11.7 Å². The summed E-state index contributed by atoms with van der Waals surface area (Å²) in [5.74, 6) is -0.132. The van der Waals surface area contributed by atoms with Crippen LogP contribution in [-0.2, 0) is 4.79 Å². The maximum Gasteiger partial charge on any atom is 0.224 e. The van der Waals surface area contributed by atoms with Crippen molar-refractivity contribution in [1.82, 2.24) is 0 Å². The highest BCUT2D eigenvalue weighted by atomic mass is 79.9. The van der Waals surface area contributed by atoms with Crippen molar-refractivity contribution in [2.75, 3.05) is 5.32 Å². The Balaban J connectivity index is 1.89. The fourth-order valence-corrected chi connectivity index (χ4v) is 3.30. The highest BCUT2D eigenvalue weighted by Gasteiger charge is 2.12. The molecule has 1 heterocycles. The predicted octanol–water partition coefficient (Wildman–Crippen LogP) is 4.73. The number of ketones is 1. The molecule has 1 aromatic carbocycles. The van der Waals surface area contributed by atoms with Crippen LogP contribution in [0.4, 0.5) is 5.69 Å². The number of hydrogen-bond donors (Lipinski definition) is 1. The average Bonchev–Trinajstić information content (AvgIpc) is 2.86. The number of carbonyl (C=O) groups excluding carboxylic acids is 2. The van der Waals surface area contributed by atoms with Crippen molar-refractivity contribution in [1.29, 1.82) is 0 Å². The van der Waals surface area contributed by atoms with E-state index >= 15 is 0 Å². The first-order valence-corrected chi connectivity index (χ1v) is 8.22. The lowest BCUT2D eigenvalue weighted by Gasteiger charge is -2.07. The number of anilines is 1. The van der Waals surface area contributed by atoms with Crippen LogP contribution in [0.15, 0.2) is 34.8 Å². The molecular formula is C16H16BrNO2S. The summed E-state index contributed by atoms with van der Waals surface area (Å²) in [5.41, 5.74) is 1.84. The molecule has 0 unspecified atom stereocenters. The second kappa shape index (κ2) is 7.00. The zero-order chi connectivity index (χ0) is 15.4. The number of hydrogen-bond acceptors (Lipinski definition) is 3. The van der Waals surface area contributed by atoms with E-state index in [9.17, 15) is 9.59 Å². The van der Waals surface area contributed by atoms with E-state index in [0.29, 0.717) is 0 Å². The number of aryl methyl sites for hydroxylation is 2. The molecule has 3 nitrogen and oxygen atoms in total. The number of Topliss-reactive ketones (excluding diaryl/α,β-unsaturated/α-hetero) is 1. The van der Waals surface area contributed by atoms with E-state index < -0.39 is 0 Å². The summed E-state index contributed by atoms with van der Waals surface area (Å²) in [5, 5.41) is 2.81. The minimum Gasteiger partial charge on any atom is -0.325 e. The van der Waals surface area contributed by atoms with E-state index in [0.717, 1.165) is 25.5 Å². The van der Waals surface area contributed by atoms with Gasteiger partial charge in [-0.1, -0.05) is 6.07 Å². The molecule has 1 N–H and O–H groups in total. The van der Waals surface area contributed by atoms with Gasteiger partial charge in [-0.2, -0.15) is 0 Å². The van der Waals surface area contributed by atoms with E-state index in [-0.39, 0.29) is 24.5 Å². The molecular weight excluding hydrogens is 350 g/mol. The van der Waals surface area contributed by atoms with Gasteiger partial charge in [-0.25, -0.2) is 0 Å². The smallest absolute Gasteiger partial charge is 0.224 e. The number of nitrogens with one attached hydrogen (secondary N) is 1. The number of carbonyl (C=O) groups is 2. The highest BCUT2D eigenvalue weighted by molar-refractivity contribution is 9.10. The van der Waals surface area contributed by atoms with Crippen molar-refractivity contribution in [3.05, 3.63) is 50.1 Å². The maximum absolute atomic E-state index is 11.9. The summed E-state index contributed by atoms with van der Waals surface area (Å²) >= 11 is 4.88. The van der Waals surface area contributed by atoms with Crippen molar-refractivity contribution < 1.29 is 9.59 Å². The lowest BCUT2D eigenvalue weighted by molar-refractivity contribution is -0.116.